The van der Waals surface area contributed by atoms with Gasteiger partial charge in [-0.05, 0) is 42.5 Å². The van der Waals surface area contributed by atoms with Crippen LogP contribution in [-0.4, -0.2) is 17.4 Å². The van der Waals surface area contributed by atoms with Crippen molar-refractivity contribution in [2.45, 2.75) is 6.42 Å². The minimum atomic E-state index is -0.457. The number of rotatable bonds is 8. The Morgan fingerprint density at radius 1 is 0.893 bits per heavy atom. The molecule has 0 unspecified atom stereocenters. The van der Waals surface area contributed by atoms with Gasteiger partial charge in [-0.2, -0.15) is 0 Å². The van der Waals surface area contributed by atoms with Crippen molar-refractivity contribution < 1.29 is 14.5 Å². The maximum absolute atomic E-state index is 12.1. The lowest BCUT2D eigenvalue weighted by atomic mass is 10.2. The van der Waals surface area contributed by atoms with Crippen LogP contribution in [0, 0.1) is 10.1 Å². The van der Waals surface area contributed by atoms with Crippen molar-refractivity contribution in [3.05, 3.63) is 89.0 Å². The van der Waals surface area contributed by atoms with Crippen LogP contribution in [0.3, 0.4) is 0 Å². The van der Waals surface area contributed by atoms with Crippen LogP contribution in [-0.2, 0) is 4.79 Å². The molecule has 0 heterocycles. The summed E-state index contributed by atoms with van der Waals surface area (Å²) in [7, 11) is 0. The van der Waals surface area contributed by atoms with E-state index in [0.717, 1.165) is 5.75 Å². The predicted molar refractivity (Wildman–Crippen MR) is 108 cm³/mol. The number of amides is 1. The van der Waals surface area contributed by atoms with E-state index in [1.165, 1.54) is 6.07 Å². The Morgan fingerprint density at radius 2 is 1.54 bits per heavy atom. The normalized spacial score (nSPS) is 10.1. The molecule has 0 aliphatic carbocycles. The first-order valence-electron chi connectivity index (χ1n) is 8.72. The van der Waals surface area contributed by atoms with Gasteiger partial charge in [-0.3, -0.25) is 14.9 Å². The molecule has 0 saturated carbocycles. The van der Waals surface area contributed by atoms with E-state index in [-0.39, 0.29) is 24.6 Å². The topological polar surface area (TPSA) is 93.5 Å². The summed E-state index contributed by atoms with van der Waals surface area (Å²) in [5, 5.41) is 16.7. The molecule has 0 aliphatic heterocycles. The highest BCUT2D eigenvalue weighted by atomic mass is 16.6. The average molecular weight is 377 g/mol. The molecule has 0 saturated heterocycles. The molecule has 7 heteroatoms. The van der Waals surface area contributed by atoms with Gasteiger partial charge in [0.1, 0.15) is 17.2 Å². The monoisotopic (exact) mass is 377 g/mol. The van der Waals surface area contributed by atoms with E-state index in [2.05, 4.69) is 10.6 Å². The maximum Gasteiger partial charge on any atom is 0.292 e. The Labute approximate surface area is 162 Å². The van der Waals surface area contributed by atoms with Gasteiger partial charge in [-0.25, -0.2) is 0 Å². The Morgan fingerprint density at radius 3 is 2.25 bits per heavy atom. The fourth-order valence-electron chi connectivity index (χ4n) is 2.55. The minimum absolute atomic E-state index is 0.0167. The summed E-state index contributed by atoms with van der Waals surface area (Å²) in [5.41, 5.74) is 1.02. The summed E-state index contributed by atoms with van der Waals surface area (Å²) in [6.45, 7) is 0.284. The Kier molecular flexibility index (Phi) is 6.20. The van der Waals surface area contributed by atoms with Gasteiger partial charge in [-0.15, -0.1) is 0 Å². The first-order chi connectivity index (χ1) is 13.6. The number of hydrogen-bond acceptors (Lipinski definition) is 5. The molecular formula is C21H19N3O4. The number of nitrogens with zero attached hydrogens (tertiary/aromatic N) is 1. The molecule has 0 aliphatic rings. The highest BCUT2D eigenvalue weighted by molar-refractivity contribution is 5.91. The number of para-hydroxylation sites is 3. The van der Waals surface area contributed by atoms with Gasteiger partial charge >= 0.3 is 0 Å². The molecule has 7 nitrogen and oxygen atoms in total. The quantitative estimate of drug-likeness (QED) is 0.433. The van der Waals surface area contributed by atoms with Gasteiger partial charge in [0.2, 0.25) is 5.91 Å². The molecule has 0 aromatic heterocycles. The third-order valence-electron chi connectivity index (χ3n) is 3.89. The molecule has 3 rings (SSSR count). The van der Waals surface area contributed by atoms with E-state index in [0.29, 0.717) is 17.1 Å². The van der Waals surface area contributed by atoms with Gasteiger partial charge in [0, 0.05) is 24.7 Å². The summed E-state index contributed by atoms with van der Waals surface area (Å²) in [4.78, 5) is 22.6. The van der Waals surface area contributed by atoms with E-state index in [9.17, 15) is 14.9 Å². The summed E-state index contributed by atoms with van der Waals surface area (Å²) >= 11 is 0. The lowest BCUT2D eigenvalue weighted by Gasteiger charge is -2.09. The molecule has 0 spiro atoms. The molecule has 1 amide bonds. The van der Waals surface area contributed by atoms with Gasteiger partial charge in [0.25, 0.3) is 5.69 Å². The smallest absolute Gasteiger partial charge is 0.292 e. The van der Waals surface area contributed by atoms with E-state index in [4.69, 9.17) is 4.74 Å². The molecular weight excluding hydrogens is 358 g/mol. The van der Waals surface area contributed by atoms with Crippen LogP contribution in [0.15, 0.2) is 78.9 Å². The number of nitrogens with one attached hydrogen (secondary N) is 2. The third kappa shape index (κ3) is 5.31. The van der Waals surface area contributed by atoms with Crippen molar-refractivity contribution in [1.29, 1.82) is 0 Å². The van der Waals surface area contributed by atoms with Crippen LogP contribution >= 0.6 is 0 Å². The largest absolute Gasteiger partial charge is 0.457 e. The number of nitro groups is 1. The van der Waals surface area contributed by atoms with Gasteiger partial charge in [0.05, 0.1) is 4.92 Å². The molecule has 0 atom stereocenters. The predicted octanol–water partition coefficient (Wildman–Crippen LogP) is 4.83. The van der Waals surface area contributed by atoms with Crippen molar-refractivity contribution in [3.8, 4) is 11.5 Å². The van der Waals surface area contributed by atoms with Crippen molar-refractivity contribution >= 4 is 23.0 Å². The van der Waals surface area contributed by atoms with Gasteiger partial charge in [0.15, 0.2) is 0 Å². The Bertz CT molecular complexity index is 943. The second-order valence-corrected chi connectivity index (χ2v) is 5.94. The lowest BCUT2D eigenvalue weighted by molar-refractivity contribution is -0.384. The van der Waals surface area contributed by atoms with Crippen LogP contribution in [0.1, 0.15) is 6.42 Å². The zero-order valence-corrected chi connectivity index (χ0v) is 15.0. The number of anilines is 2. The molecule has 3 aromatic rings. The first-order valence-corrected chi connectivity index (χ1v) is 8.72. The molecule has 28 heavy (non-hydrogen) atoms. The van der Waals surface area contributed by atoms with Gasteiger partial charge in [-0.1, -0.05) is 30.3 Å². The fraction of sp³-hybridized carbons (Fsp3) is 0.0952. The van der Waals surface area contributed by atoms with Crippen LogP contribution < -0.4 is 15.4 Å². The molecule has 142 valence electrons. The number of hydrogen-bond donors (Lipinski definition) is 2. The van der Waals surface area contributed by atoms with Crippen LogP contribution in [0.25, 0.3) is 0 Å². The van der Waals surface area contributed by atoms with E-state index in [1.54, 1.807) is 42.5 Å². The highest BCUT2D eigenvalue weighted by Crippen LogP contribution is 2.24. The summed E-state index contributed by atoms with van der Waals surface area (Å²) in [6.07, 6.45) is 0.175. The summed E-state index contributed by atoms with van der Waals surface area (Å²) in [5.74, 6) is 1.21. The Hall–Kier alpha value is -3.87. The highest BCUT2D eigenvalue weighted by Gasteiger charge is 2.12. The standard InChI is InChI=1S/C21H19N3O4/c25-21(14-15-22-19-8-4-5-9-20(19)24(26)27)23-16-10-12-18(13-11-16)28-17-6-2-1-3-7-17/h1-13,22H,14-15H2,(H,23,25). The third-order valence-corrected chi connectivity index (χ3v) is 3.89. The van der Waals surface area contributed by atoms with Gasteiger partial charge < -0.3 is 15.4 Å². The molecule has 2 N–H and O–H groups in total. The number of nitro benzene ring substituents is 1. The minimum Gasteiger partial charge on any atom is -0.457 e. The van der Waals surface area contributed by atoms with Crippen molar-refractivity contribution in [3.63, 3.8) is 0 Å². The number of ether oxygens (including phenoxy) is 1. The number of carbonyl (C=O) groups excluding carboxylic acids is 1. The van der Waals surface area contributed by atoms with E-state index in [1.807, 2.05) is 30.3 Å². The van der Waals surface area contributed by atoms with E-state index >= 15 is 0 Å². The molecule has 3 aromatic carbocycles. The molecule has 0 bridgehead atoms. The number of carbonyl (C=O) groups is 1. The zero-order chi connectivity index (χ0) is 19.8. The second-order valence-electron chi connectivity index (χ2n) is 5.94. The lowest BCUT2D eigenvalue weighted by Crippen LogP contribution is -2.16. The zero-order valence-electron chi connectivity index (χ0n) is 15.0. The summed E-state index contributed by atoms with van der Waals surface area (Å²) in [6, 6.07) is 22.8. The van der Waals surface area contributed by atoms with Crippen molar-refractivity contribution in [2.75, 3.05) is 17.2 Å². The number of benzene rings is 3. The second kappa shape index (κ2) is 9.18. The Balaban J connectivity index is 1.48. The van der Waals surface area contributed by atoms with Crippen molar-refractivity contribution in [2.24, 2.45) is 0 Å². The fourth-order valence-corrected chi connectivity index (χ4v) is 2.55. The van der Waals surface area contributed by atoms with Crippen molar-refractivity contribution in [1.82, 2.24) is 0 Å². The maximum atomic E-state index is 12.1. The molecule has 0 radical (unpaired) electrons. The summed E-state index contributed by atoms with van der Waals surface area (Å²) < 4.78 is 5.70. The SMILES string of the molecule is O=C(CCNc1ccccc1[N+](=O)[O-])Nc1ccc(Oc2ccccc2)cc1. The first kappa shape index (κ1) is 18.9. The van der Waals surface area contributed by atoms with Crippen LogP contribution in [0.5, 0.6) is 11.5 Å². The van der Waals surface area contributed by atoms with Crippen LogP contribution in [0.4, 0.5) is 17.1 Å². The van der Waals surface area contributed by atoms with E-state index < -0.39 is 4.92 Å². The van der Waals surface area contributed by atoms with Crippen LogP contribution in [0.2, 0.25) is 0 Å². The average Bonchev–Trinajstić information content (AvgIpc) is 2.70. The molecule has 0 fully saturated rings.